The molecule has 0 unspecified atom stereocenters. The zero-order valence-corrected chi connectivity index (χ0v) is 11.1. The van der Waals surface area contributed by atoms with Gasteiger partial charge in [-0.1, -0.05) is 0 Å². The molecule has 0 atom stereocenters. The summed E-state index contributed by atoms with van der Waals surface area (Å²) in [6, 6.07) is 4.14. The summed E-state index contributed by atoms with van der Waals surface area (Å²) in [6.45, 7) is 0. The number of benzene rings is 1. The lowest BCUT2D eigenvalue weighted by Crippen LogP contribution is -2.05. The maximum atomic E-state index is 13.3. The molecule has 0 aliphatic heterocycles. The normalized spacial score (nSPS) is 11.0. The molecule has 0 amide bonds. The smallest absolute Gasteiger partial charge is 0.254 e. The predicted octanol–water partition coefficient (Wildman–Crippen LogP) is 2.80. The first-order valence-corrected chi connectivity index (χ1v) is 5.80. The number of hydrazone groups is 1. The molecular formula is C13H9F4N3O2. The number of rotatable bonds is 4. The van der Waals surface area contributed by atoms with Crippen molar-refractivity contribution in [3.63, 3.8) is 0 Å². The highest BCUT2D eigenvalue weighted by molar-refractivity contribution is 5.81. The van der Waals surface area contributed by atoms with E-state index in [4.69, 9.17) is 4.74 Å². The molecule has 1 aromatic carbocycles. The van der Waals surface area contributed by atoms with Crippen LogP contribution in [0, 0.1) is 23.5 Å². The van der Waals surface area contributed by atoms with Gasteiger partial charge in [-0.3, -0.25) is 5.43 Å². The molecule has 0 aliphatic rings. The van der Waals surface area contributed by atoms with Gasteiger partial charge in [-0.05, 0) is 23.8 Å². The molecule has 0 spiro atoms. The van der Waals surface area contributed by atoms with Crippen molar-refractivity contribution < 1.29 is 27.4 Å². The first-order chi connectivity index (χ1) is 10.4. The zero-order valence-electron chi connectivity index (χ0n) is 11.1. The number of pyridine rings is 1. The summed E-state index contributed by atoms with van der Waals surface area (Å²) < 4.78 is 57.2. The van der Waals surface area contributed by atoms with Crippen LogP contribution < -0.4 is 10.2 Å². The molecule has 0 saturated carbocycles. The van der Waals surface area contributed by atoms with Gasteiger partial charge in [0.25, 0.3) is 11.9 Å². The molecule has 22 heavy (non-hydrogen) atoms. The number of hydrogen-bond donors (Lipinski definition) is 2. The van der Waals surface area contributed by atoms with Gasteiger partial charge in [0.2, 0.25) is 11.6 Å². The predicted molar refractivity (Wildman–Crippen MR) is 69.9 cm³/mol. The van der Waals surface area contributed by atoms with Gasteiger partial charge >= 0.3 is 0 Å². The van der Waals surface area contributed by atoms with E-state index < -0.39 is 29.2 Å². The van der Waals surface area contributed by atoms with Gasteiger partial charge in [0.05, 0.1) is 13.3 Å². The number of halogens is 4. The van der Waals surface area contributed by atoms with Crippen molar-refractivity contribution in [2.45, 2.75) is 0 Å². The quantitative estimate of drug-likeness (QED) is 0.394. The Morgan fingerprint density at radius 1 is 1.18 bits per heavy atom. The van der Waals surface area contributed by atoms with E-state index in [2.05, 4.69) is 10.1 Å². The third-order valence-corrected chi connectivity index (χ3v) is 2.59. The maximum Gasteiger partial charge on any atom is 0.254 e. The third kappa shape index (κ3) is 3.08. The zero-order chi connectivity index (χ0) is 16.3. The molecule has 1 heterocycles. The Morgan fingerprint density at radius 3 is 2.41 bits per heavy atom. The van der Waals surface area contributed by atoms with Crippen LogP contribution in [-0.4, -0.2) is 23.4 Å². The Morgan fingerprint density at radius 2 is 1.82 bits per heavy atom. The summed E-state index contributed by atoms with van der Waals surface area (Å²) in [4.78, 5) is 2.41. The minimum absolute atomic E-state index is 0.108. The molecule has 1 aromatic heterocycles. The van der Waals surface area contributed by atoms with Gasteiger partial charge in [0.15, 0.2) is 11.5 Å². The van der Waals surface area contributed by atoms with E-state index in [1.807, 2.05) is 5.43 Å². The second kappa shape index (κ2) is 6.29. The Balaban J connectivity index is 2.23. The van der Waals surface area contributed by atoms with Gasteiger partial charge in [-0.25, -0.2) is 0 Å². The lowest BCUT2D eigenvalue weighted by Gasteiger charge is -2.05. The van der Waals surface area contributed by atoms with Crippen LogP contribution in [0.2, 0.25) is 0 Å². The minimum atomic E-state index is -1.79. The molecule has 0 saturated heterocycles. The number of phenols is 1. The summed E-state index contributed by atoms with van der Waals surface area (Å²) in [5.74, 6) is -6.92. The van der Waals surface area contributed by atoms with Gasteiger partial charge in [-0.15, -0.1) is 0 Å². The van der Waals surface area contributed by atoms with Gasteiger partial charge in [-0.2, -0.15) is 27.6 Å². The average Bonchev–Trinajstić information content (AvgIpc) is 2.50. The summed E-state index contributed by atoms with van der Waals surface area (Å²) in [5.41, 5.74) is 1.16. The molecule has 0 fully saturated rings. The molecule has 9 heteroatoms. The minimum Gasteiger partial charge on any atom is -0.504 e. The highest BCUT2D eigenvalue weighted by atomic mass is 19.2. The van der Waals surface area contributed by atoms with Crippen molar-refractivity contribution in [2.75, 3.05) is 12.5 Å². The highest BCUT2D eigenvalue weighted by Crippen LogP contribution is 2.26. The molecule has 2 aromatic rings. The number of methoxy groups -OCH3 is 1. The molecular weight excluding hydrogens is 306 g/mol. The molecule has 5 nitrogen and oxygen atoms in total. The monoisotopic (exact) mass is 315 g/mol. The van der Waals surface area contributed by atoms with Gasteiger partial charge in [0.1, 0.15) is 5.69 Å². The molecule has 2 N–H and O–H groups in total. The molecule has 116 valence electrons. The van der Waals surface area contributed by atoms with Crippen LogP contribution in [0.1, 0.15) is 5.56 Å². The van der Waals surface area contributed by atoms with E-state index in [0.29, 0.717) is 5.56 Å². The SMILES string of the molecule is COc1cc(/C=N/Nc2c(F)c(F)nc(F)c2F)ccc1O. The maximum absolute atomic E-state index is 13.3. The van der Waals surface area contributed by atoms with Crippen LogP contribution in [0.25, 0.3) is 0 Å². The van der Waals surface area contributed by atoms with Crippen molar-refractivity contribution in [3.05, 3.63) is 47.3 Å². The van der Waals surface area contributed by atoms with Crippen LogP contribution in [0.4, 0.5) is 23.2 Å². The second-order valence-corrected chi connectivity index (χ2v) is 4.00. The summed E-state index contributed by atoms with van der Waals surface area (Å²) in [6.07, 6.45) is 1.11. The number of aromatic nitrogens is 1. The van der Waals surface area contributed by atoms with Crippen LogP contribution in [-0.2, 0) is 0 Å². The van der Waals surface area contributed by atoms with Gasteiger partial charge < -0.3 is 9.84 Å². The van der Waals surface area contributed by atoms with Crippen molar-refractivity contribution in [2.24, 2.45) is 5.10 Å². The summed E-state index contributed by atoms with van der Waals surface area (Å²) in [5, 5.41) is 12.9. The van der Waals surface area contributed by atoms with Crippen LogP contribution >= 0.6 is 0 Å². The van der Waals surface area contributed by atoms with Crippen LogP contribution in [0.3, 0.4) is 0 Å². The highest BCUT2D eigenvalue weighted by Gasteiger charge is 2.20. The number of phenolic OH excluding ortho intramolecular Hbond substituents is 1. The second-order valence-electron chi connectivity index (χ2n) is 4.00. The van der Waals surface area contributed by atoms with E-state index >= 15 is 0 Å². The number of nitrogens with one attached hydrogen (secondary N) is 1. The summed E-state index contributed by atoms with van der Waals surface area (Å²) >= 11 is 0. The van der Waals surface area contributed by atoms with E-state index in [1.165, 1.54) is 25.3 Å². The fraction of sp³-hybridized carbons (Fsp3) is 0.0769. The van der Waals surface area contributed by atoms with E-state index in [-0.39, 0.29) is 11.5 Å². The van der Waals surface area contributed by atoms with Crippen LogP contribution in [0.15, 0.2) is 23.3 Å². The van der Waals surface area contributed by atoms with Crippen molar-refractivity contribution in [1.82, 2.24) is 4.98 Å². The lowest BCUT2D eigenvalue weighted by atomic mass is 10.2. The fourth-order valence-electron chi connectivity index (χ4n) is 1.53. The Hall–Kier alpha value is -2.84. The van der Waals surface area contributed by atoms with Crippen molar-refractivity contribution >= 4 is 11.9 Å². The molecule has 2 rings (SSSR count). The standard InChI is InChI=1S/C13H9F4N3O2/c1-22-8-4-6(2-3-7(8)21)5-18-20-11-9(14)12(16)19-13(17)10(11)15/h2-5,21H,1H3,(H,19,20)/b18-5+. The average molecular weight is 315 g/mol. The summed E-state index contributed by atoms with van der Waals surface area (Å²) in [7, 11) is 1.33. The largest absolute Gasteiger partial charge is 0.504 e. The van der Waals surface area contributed by atoms with E-state index in [9.17, 15) is 22.7 Å². The van der Waals surface area contributed by atoms with E-state index in [1.54, 1.807) is 0 Å². The lowest BCUT2D eigenvalue weighted by molar-refractivity contribution is 0.373. The number of hydrogen-bond acceptors (Lipinski definition) is 5. The Kier molecular flexibility index (Phi) is 4.44. The molecule has 0 radical (unpaired) electrons. The van der Waals surface area contributed by atoms with Gasteiger partial charge in [0, 0.05) is 0 Å². The number of ether oxygens (including phenoxy) is 1. The van der Waals surface area contributed by atoms with Crippen molar-refractivity contribution in [3.8, 4) is 11.5 Å². The number of nitrogens with zero attached hydrogens (tertiary/aromatic N) is 2. The number of aromatic hydroxyl groups is 1. The van der Waals surface area contributed by atoms with E-state index in [0.717, 1.165) is 6.21 Å². The van der Waals surface area contributed by atoms with Crippen LogP contribution in [0.5, 0.6) is 11.5 Å². The first kappa shape index (κ1) is 15.5. The van der Waals surface area contributed by atoms with Crippen molar-refractivity contribution in [1.29, 1.82) is 0 Å². The number of anilines is 1. The molecule has 0 aliphatic carbocycles. The first-order valence-electron chi connectivity index (χ1n) is 5.80. The third-order valence-electron chi connectivity index (χ3n) is 2.59. The Labute approximate surface area is 121 Å². The fourth-order valence-corrected chi connectivity index (χ4v) is 1.53. The Bertz CT molecular complexity index is 711. The molecule has 0 bridgehead atoms. The topological polar surface area (TPSA) is 66.7 Å².